The zero-order valence-electron chi connectivity index (χ0n) is 19.4. The molecule has 0 aromatic heterocycles. The van der Waals surface area contributed by atoms with Crippen LogP contribution in [0.15, 0.2) is 18.2 Å². The average molecular weight is 477 g/mol. The van der Waals surface area contributed by atoms with Crippen LogP contribution < -0.4 is 10.2 Å². The van der Waals surface area contributed by atoms with Gasteiger partial charge in [-0.2, -0.15) is 18.4 Å². The van der Waals surface area contributed by atoms with Crippen LogP contribution in [0.3, 0.4) is 0 Å². The summed E-state index contributed by atoms with van der Waals surface area (Å²) in [5, 5.41) is 12.2. The van der Waals surface area contributed by atoms with Crippen molar-refractivity contribution in [3.63, 3.8) is 0 Å². The van der Waals surface area contributed by atoms with Gasteiger partial charge in [0.2, 0.25) is 11.8 Å². The highest BCUT2D eigenvalue weighted by molar-refractivity contribution is 5.81. The van der Waals surface area contributed by atoms with Gasteiger partial charge in [-0.15, -0.1) is 0 Å². The van der Waals surface area contributed by atoms with Crippen LogP contribution in [0.2, 0.25) is 0 Å². The van der Waals surface area contributed by atoms with E-state index < -0.39 is 17.3 Å². The molecule has 0 radical (unpaired) electrons. The van der Waals surface area contributed by atoms with Gasteiger partial charge in [0.15, 0.2) is 0 Å². The van der Waals surface area contributed by atoms with E-state index >= 15 is 0 Å². The minimum Gasteiger partial charge on any atom is -0.370 e. The van der Waals surface area contributed by atoms with Gasteiger partial charge < -0.3 is 15.1 Å². The smallest absolute Gasteiger partial charge is 0.370 e. The molecular formula is C25H31F3N4O2. The van der Waals surface area contributed by atoms with E-state index in [1.165, 1.54) is 12.1 Å². The molecular weight excluding hydrogens is 445 g/mol. The highest BCUT2D eigenvalue weighted by Crippen LogP contribution is 2.40. The van der Waals surface area contributed by atoms with Crippen LogP contribution in [0.4, 0.5) is 18.9 Å². The Kier molecular flexibility index (Phi) is 7.06. The molecule has 0 bridgehead atoms. The lowest BCUT2D eigenvalue weighted by Gasteiger charge is -2.36. The quantitative estimate of drug-likeness (QED) is 0.675. The minimum atomic E-state index is -4.62. The molecule has 2 amide bonds. The molecule has 4 rings (SSSR count). The van der Waals surface area contributed by atoms with Gasteiger partial charge in [-0.25, -0.2) is 0 Å². The normalized spacial score (nSPS) is 23.6. The summed E-state index contributed by atoms with van der Waals surface area (Å²) in [5.41, 5.74) is -0.967. The van der Waals surface area contributed by atoms with Crippen molar-refractivity contribution in [2.45, 2.75) is 57.7 Å². The number of amides is 2. The molecule has 3 aliphatic rings. The number of alkyl halides is 3. The zero-order chi connectivity index (χ0) is 24.5. The molecule has 1 aliphatic carbocycles. The molecule has 1 N–H and O–H groups in total. The molecule has 2 atom stereocenters. The summed E-state index contributed by atoms with van der Waals surface area (Å²) in [6, 6.07) is 5.62. The summed E-state index contributed by atoms with van der Waals surface area (Å²) in [5.74, 6) is 0.0604. The van der Waals surface area contributed by atoms with Crippen molar-refractivity contribution in [3.05, 3.63) is 29.3 Å². The van der Waals surface area contributed by atoms with Crippen molar-refractivity contribution in [3.8, 4) is 6.07 Å². The number of likely N-dealkylation sites (tertiary alicyclic amines) is 1. The first kappa shape index (κ1) is 24.4. The van der Waals surface area contributed by atoms with Crippen molar-refractivity contribution in [1.29, 1.82) is 5.26 Å². The maximum atomic E-state index is 13.5. The van der Waals surface area contributed by atoms with Crippen molar-refractivity contribution in [2.24, 2.45) is 17.8 Å². The SMILES string of the molecule is CCCC(=O)N1CCC([C@@H]2CN(c3ccc(C#N)c(C(F)(F)F)c3)C[C@H]2C(=O)NC2CC2)CC1. The largest absolute Gasteiger partial charge is 0.417 e. The van der Waals surface area contributed by atoms with Gasteiger partial charge >= 0.3 is 6.18 Å². The maximum absolute atomic E-state index is 13.5. The van der Waals surface area contributed by atoms with E-state index in [9.17, 15) is 22.8 Å². The van der Waals surface area contributed by atoms with Gasteiger partial charge in [0.1, 0.15) is 0 Å². The molecule has 0 spiro atoms. The van der Waals surface area contributed by atoms with Gasteiger partial charge in [0.05, 0.1) is 23.1 Å². The molecule has 2 aliphatic heterocycles. The summed E-state index contributed by atoms with van der Waals surface area (Å²) in [7, 11) is 0. The van der Waals surface area contributed by atoms with Gasteiger partial charge in [0.25, 0.3) is 0 Å². The average Bonchev–Trinajstić information content (AvgIpc) is 3.52. The van der Waals surface area contributed by atoms with Crippen LogP contribution in [-0.2, 0) is 15.8 Å². The Hall–Kier alpha value is -2.76. The maximum Gasteiger partial charge on any atom is 0.417 e. The standard InChI is InChI=1S/C25H31F3N4O2/c1-2-3-23(33)31-10-8-16(9-11-31)20-14-32(15-21(20)24(34)30-18-5-6-18)19-7-4-17(13-29)22(12-19)25(26,27)28/h4,7,12,16,18,20-21H,2-3,5-6,8-11,14-15H2,1H3,(H,30,34)/t20-,21+/m0/s1. The lowest BCUT2D eigenvalue weighted by Crippen LogP contribution is -2.43. The Morgan fingerprint density at radius 2 is 1.85 bits per heavy atom. The minimum absolute atomic E-state index is 0.00663. The Labute approximate surface area is 198 Å². The molecule has 34 heavy (non-hydrogen) atoms. The number of halogens is 3. The number of anilines is 1. The third kappa shape index (κ3) is 5.31. The predicted octanol–water partition coefficient (Wildman–Crippen LogP) is 3.95. The first-order valence-corrected chi connectivity index (χ1v) is 12.2. The number of carbonyl (C=O) groups is 2. The number of benzene rings is 1. The number of nitrogens with zero attached hydrogens (tertiary/aromatic N) is 3. The van der Waals surface area contributed by atoms with Crippen LogP contribution in [0.25, 0.3) is 0 Å². The number of nitriles is 1. The van der Waals surface area contributed by atoms with Gasteiger partial charge in [-0.05, 0) is 62.1 Å². The van der Waals surface area contributed by atoms with Crippen LogP contribution in [0, 0.1) is 29.1 Å². The molecule has 6 nitrogen and oxygen atoms in total. The second-order valence-corrected chi connectivity index (χ2v) is 9.77. The van der Waals surface area contributed by atoms with Gasteiger partial charge in [-0.1, -0.05) is 6.92 Å². The molecule has 1 aromatic rings. The van der Waals surface area contributed by atoms with E-state index in [2.05, 4.69) is 5.32 Å². The molecule has 3 fully saturated rings. The molecule has 2 saturated heterocycles. The molecule has 2 heterocycles. The number of rotatable bonds is 6. The van der Waals surface area contributed by atoms with E-state index in [4.69, 9.17) is 5.26 Å². The van der Waals surface area contributed by atoms with Crippen molar-refractivity contribution in [1.82, 2.24) is 10.2 Å². The van der Waals surface area contributed by atoms with Crippen LogP contribution in [0.5, 0.6) is 0 Å². The highest BCUT2D eigenvalue weighted by Gasteiger charge is 2.44. The fourth-order valence-corrected chi connectivity index (χ4v) is 5.34. The molecule has 184 valence electrons. The summed E-state index contributed by atoms with van der Waals surface area (Å²) in [4.78, 5) is 29.1. The highest BCUT2D eigenvalue weighted by atomic mass is 19.4. The van der Waals surface area contributed by atoms with Crippen LogP contribution in [0.1, 0.15) is 56.6 Å². The number of piperidine rings is 1. The van der Waals surface area contributed by atoms with E-state index in [0.717, 1.165) is 38.2 Å². The fraction of sp³-hybridized carbons (Fsp3) is 0.640. The van der Waals surface area contributed by atoms with Crippen molar-refractivity contribution in [2.75, 3.05) is 31.1 Å². The third-order valence-electron chi connectivity index (χ3n) is 7.38. The van der Waals surface area contributed by atoms with E-state index in [1.807, 2.05) is 16.7 Å². The number of carbonyl (C=O) groups excluding carboxylic acids is 2. The first-order valence-electron chi connectivity index (χ1n) is 12.2. The summed E-state index contributed by atoms with van der Waals surface area (Å²) in [6.45, 7) is 4.13. The van der Waals surface area contributed by atoms with Crippen LogP contribution >= 0.6 is 0 Å². The van der Waals surface area contributed by atoms with Crippen molar-refractivity contribution >= 4 is 17.5 Å². The number of hydrogen-bond donors (Lipinski definition) is 1. The Morgan fingerprint density at radius 1 is 1.15 bits per heavy atom. The molecule has 1 saturated carbocycles. The first-order chi connectivity index (χ1) is 16.2. The van der Waals surface area contributed by atoms with Crippen LogP contribution in [-0.4, -0.2) is 48.9 Å². The lowest BCUT2D eigenvalue weighted by atomic mass is 9.78. The Balaban J connectivity index is 1.53. The van der Waals surface area contributed by atoms with E-state index in [0.29, 0.717) is 38.3 Å². The predicted molar refractivity (Wildman–Crippen MR) is 121 cm³/mol. The number of nitrogens with one attached hydrogen (secondary N) is 1. The van der Waals surface area contributed by atoms with E-state index in [-0.39, 0.29) is 35.6 Å². The van der Waals surface area contributed by atoms with Gasteiger partial charge in [0, 0.05) is 44.3 Å². The Morgan fingerprint density at radius 3 is 2.44 bits per heavy atom. The summed E-state index contributed by atoms with van der Waals surface area (Å²) < 4.78 is 40.5. The fourth-order valence-electron chi connectivity index (χ4n) is 5.34. The van der Waals surface area contributed by atoms with Crippen molar-refractivity contribution < 1.29 is 22.8 Å². The molecule has 0 unspecified atom stereocenters. The lowest BCUT2D eigenvalue weighted by molar-refractivity contribution is -0.137. The second kappa shape index (κ2) is 9.85. The summed E-state index contributed by atoms with van der Waals surface area (Å²) >= 11 is 0. The topological polar surface area (TPSA) is 76.4 Å². The third-order valence-corrected chi connectivity index (χ3v) is 7.38. The number of hydrogen-bond acceptors (Lipinski definition) is 4. The second-order valence-electron chi connectivity index (χ2n) is 9.77. The monoisotopic (exact) mass is 476 g/mol. The molecule has 1 aromatic carbocycles. The van der Waals surface area contributed by atoms with E-state index in [1.54, 1.807) is 6.07 Å². The summed E-state index contributed by atoms with van der Waals surface area (Å²) in [6.07, 6.45) is 0.245. The Bertz CT molecular complexity index is 962. The zero-order valence-corrected chi connectivity index (χ0v) is 19.4. The van der Waals surface area contributed by atoms with Gasteiger partial charge in [-0.3, -0.25) is 9.59 Å². The molecule has 9 heteroatoms.